The van der Waals surface area contributed by atoms with Crippen LogP contribution in [0.4, 0.5) is 0 Å². The number of rotatable bonds is 4. The van der Waals surface area contributed by atoms with E-state index in [2.05, 4.69) is 0 Å². The van der Waals surface area contributed by atoms with Gasteiger partial charge in [0.25, 0.3) is 0 Å². The average Bonchev–Trinajstić information content (AvgIpc) is 2.22. The second kappa shape index (κ2) is 5.35. The van der Waals surface area contributed by atoms with Gasteiger partial charge in [0.05, 0.1) is 13.5 Å². The van der Waals surface area contributed by atoms with Crippen molar-refractivity contribution in [2.24, 2.45) is 0 Å². The molecule has 0 radical (unpaired) electrons. The molecule has 1 aromatic carbocycles. The largest absolute Gasteiger partial charge is 0.496 e. The van der Waals surface area contributed by atoms with Gasteiger partial charge in [-0.15, -0.1) is 0 Å². The summed E-state index contributed by atoms with van der Waals surface area (Å²) in [6.45, 7) is 4.03. The number of carbonyl (C=O) groups is 1. The van der Waals surface area contributed by atoms with Crippen molar-refractivity contribution >= 4 is 12.0 Å². The number of hydrogen-bond donors (Lipinski definition) is 1. The number of aryl methyl sites for hydroxylation is 2. The van der Waals surface area contributed by atoms with Crippen LogP contribution in [0.1, 0.15) is 23.1 Å². The topological polar surface area (TPSA) is 46.5 Å². The second-order valence-electron chi connectivity index (χ2n) is 3.68. The van der Waals surface area contributed by atoms with Crippen LogP contribution in [0, 0.1) is 13.8 Å². The number of carboxylic acid groups (broad SMARTS) is 1. The van der Waals surface area contributed by atoms with Gasteiger partial charge in [0.15, 0.2) is 0 Å². The third-order valence-corrected chi connectivity index (χ3v) is 2.44. The molecule has 3 heteroatoms. The highest BCUT2D eigenvalue weighted by atomic mass is 16.5. The Kier molecular flexibility index (Phi) is 4.11. The van der Waals surface area contributed by atoms with E-state index in [-0.39, 0.29) is 6.42 Å². The van der Waals surface area contributed by atoms with Gasteiger partial charge in [-0.3, -0.25) is 4.79 Å². The smallest absolute Gasteiger partial charge is 0.307 e. The summed E-state index contributed by atoms with van der Waals surface area (Å²) in [6, 6.07) is 3.95. The molecule has 0 aromatic heterocycles. The maximum Gasteiger partial charge on any atom is 0.307 e. The second-order valence-corrected chi connectivity index (χ2v) is 3.68. The van der Waals surface area contributed by atoms with Gasteiger partial charge in [-0.1, -0.05) is 12.2 Å². The van der Waals surface area contributed by atoms with Crippen LogP contribution in [0.5, 0.6) is 5.75 Å². The Morgan fingerprint density at radius 1 is 1.38 bits per heavy atom. The van der Waals surface area contributed by atoms with E-state index in [4.69, 9.17) is 9.84 Å². The van der Waals surface area contributed by atoms with Crippen molar-refractivity contribution in [1.82, 2.24) is 0 Å². The molecule has 0 fully saturated rings. The van der Waals surface area contributed by atoms with Crippen LogP contribution in [-0.2, 0) is 4.79 Å². The number of carboxylic acids is 1. The molecule has 0 aliphatic heterocycles. The van der Waals surface area contributed by atoms with E-state index in [1.54, 1.807) is 19.3 Å². The molecule has 0 saturated heterocycles. The summed E-state index contributed by atoms with van der Waals surface area (Å²) in [6.07, 6.45) is 3.42. The Labute approximate surface area is 95.4 Å². The standard InChI is InChI=1S/C13H16O3/c1-9-7-11(5-4-6-13(14)15)12(16-3)8-10(9)2/h4-5,7-8H,6H2,1-3H3,(H,14,15)/b5-4+. The van der Waals surface area contributed by atoms with Crippen LogP contribution in [0.25, 0.3) is 6.08 Å². The fraction of sp³-hybridized carbons (Fsp3) is 0.308. The molecule has 0 aliphatic rings. The van der Waals surface area contributed by atoms with E-state index in [0.717, 1.165) is 22.4 Å². The van der Waals surface area contributed by atoms with Gasteiger partial charge in [0.2, 0.25) is 0 Å². The third-order valence-electron chi connectivity index (χ3n) is 2.44. The summed E-state index contributed by atoms with van der Waals surface area (Å²) in [4.78, 5) is 10.4. The lowest BCUT2D eigenvalue weighted by Gasteiger charge is -2.08. The quantitative estimate of drug-likeness (QED) is 0.848. The van der Waals surface area contributed by atoms with Crippen molar-refractivity contribution in [3.05, 3.63) is 34.9 Å². The minimum Gasteiger partial charge on any atom is -0.496 e. The lowest BCUT2D eigenvalue weighted by molar-refractivity contribution is -0.135. The van der Waals surface area contributed by atoms with Crippen molar-refractivity contribution < 1.29 is 14.6 Å². The molecule has 0 spiro atoms. The predicted molar refractivity (Wildman–Crippen MR) is 63.8 cm³/mol. The third kappa shape index (κ3) is 3.12. The Morgan fingerprint density at radius 3 is 2.56 bits per heavy atom. The molecule has 0 amide bonds. The van der Waals surface area contributed by atoms with Gasteiger partial charge in [-0.2, -0.15) is 0 Å². The molecule has 16 heavy (non-hydrogen) atoms. The molecular weight excluding hydrogens is 204 g/mol. The van der Waals surface area contributed by atoms with Gasteiger partial charge in [0.1, 0.15) is 5.75 Å². The molecule has 0 unspecified atom stereocenters. The van der Waals surface area contributed by atoms with E-state index in [1.807, 2.05) is 26.0 Å². The zero-order valence-electron chi connectivity index (χ0n) is 9.78. The summed E-state index contributed by atoms with van der Waals surface area (Å²) in [5, 5.41) is 8.53. The van der Waals surface area contributed by atoms with Crippen LogP contribution < -0.4 is 4.74 Å². The van der Waals surface area contributed by atoms with E-state index < -0.39 is 5.97 Å². The average molecular weight is 220 g/mol. The maximum atomic E-state index is 10.4. The van der Waals surface area contributed by atoms with E-state index in [9.17, 15) is 4.79 Å². The monoisotopic (exact) mass is 220 g/mol. The summed E-state index contributed by atoms with van der Waals surface area (Å²) in [5.41, 5.74) is 3.23. The Morgan fingerprint density at radius 2 is 2.00 bits per heavy atom. The fourth-order valence-electron chi connectivity index (χ4n) is 1.41. The molecule has 1 rings (SSSR count). The molecule has 0 bridgehead atoms. The lowest BCUT2D eigenvalue weighted by Crippen LogP contribution is -1.92. The van der Waals surface area contributed by atoms with Crippen LogP contribution >= 0.6 is 0 Å². The predicted octanol–water partition coefficient (Wildman–Crippen LogP) is 2.80. The first kappa shape index (κ1) is 12.3. The molecule has 0 heterocycles. The van der Waals surface area contributed by atoms with Gasteiger partial charge < -0.3 is 9.84 Å². The van der Waals surface area contributed by atoms with Gasteiger partial charge >= 0.3 is 5.97 Å². The summed E-state index contributed by atoms with van der Waals surface area (Å²) in [7, 11) is 1.61. The van der Waals surface area contributed by atoms with E-state index in [1.165, 1.54) is 0 Å². The highest BCUT2D eigenvalue weighted by Gasteiger charge is 2.03. The van der Waals surface area contributed by atoms with Crippen LogP contribution in [-0.4, -0.2) is 18.2 Å². The number of benzene rings is 1. The van der Waals surface area contributed by atoms with Gasteiger partial charge in [0, 0.05) is 5.56 Å². The molecule has 1 N–H and O–H groups in total. The highest BCUT2D eigenvalue weighted by molar-refractivity contribution is 5.71. The molecular formula is C13H16O3. The van der Waals surface area contributed by atoms with Crippen LogP contribution in [0.2, 0.25) is 0 Å². The zero-order chi connectivity index (χ0) is 12.1. The van der Waals surface area contributed by atoms with Gasteiger partial charge in [-0.05, 0) is 37.1 Å². The fourth-order valence-corrected chi connectivity index (χ4v) is 1.41. The first-order chi connectivity index (χ1) is 7.54. The Balaban J connectivity index is 2.98. The Bertz CT molecular complexity index is 419. The molecule has 0 atom stereocenters. The SMILES string of the molecule is COc1cc(C)c(C)cc1/C=C/CC(=O)O. The summed E-state index contributed by atoms with van der Waals surface area (Å²) in [5.74, 6) is -0.0659. The summed E-state index contributed by atoms with van der Waals surface area (Å²) >= 11 is 0. The lowest BCUT2D eigenvalue weighted by atomic mass is 10.0. The molecule has 0 saturated carbocycles. The molecule has 3 nitrogen and oxygen atoms in total. The normalized spacial score (nSPS) is 10.7. The van der Waals surface area contributed by atoms with Crippen molar-refractivity contribution in [2.45, 2.75) is 20.3 Å². The van der Waals surface area contributed by atoms with Crippen molar-refractivity contribution in [3.63, 3.8) is 0 Å². The van der Waals surface area contributed by atoms with Gasteiger partial charge in [-0.25, -0.2) is 0 Å². The van der Waals surface area contributed by atoms with Crippen molar-refractivity contribution in [1.29, 1.82) is 0 Å². The van der Waals surface area contributed by atoms with E-state index in [0.29, 0.717) is 0 Å². The van der Waals surface area contributed by atoms with E-state index >= 15 is 0 Å². The van der Waals surface area contributed by atoms with Crippen LogP contribution in [0.3, 0.4) is 0 Å². The van der Waals surface area contributed by atoms with Crippen molar-refractivity contribution in [2.75, 3.05) is 7.11 Å². The maximum absolute atomic E-state index is 10.4. The highest BCUT2D eigenvalue weighted by Crippen LogP contribution is 2.24. The minimum absolute atomic E-state index is 0.0239. The first-order valence-corrected chi connectivity index (χ1v) is 5.08. The first-order valence-electron chi connectivity index (χ1n) is 5.08. The number of methoxy groups -OCH3 is 1. The summed E-state index contributed by atoms with van der Waals surface area (Å²) < 4.78 is 5.24. The Hall–Kier alpha value is -1.77. The van der Waals surface area contributed by atoms with Crippen molar-refractivity contribution in [3.8, 4) is 5.75 Å². The molecule has 1 aromatic rings. The van der Waals surface area contributed by atoms with Crippen LogP contribution in [0.15, 0.2) is 18.2 Å². The number of ether oxygens (including phenoxy) is 1. The number of hydrogen-bond acceptors (Lipinski definition) is 2. The molecule has 0 aliphatic carbocycles. The molecule has 86 valence electrons. The minimum atomic E-state index is -0.834. The zero-order valence-corrected chi connectivity index (χ0v) is 9.78. The number of aliphatic carboxylic acids is 1.